The summed E-state index contributed by atoms with van der Waals surface area (Å²) in [5.41, 5.74) is 0. The number of hydrogen-bond acceptors (Lipinski definition) is 1. The summed E-state index contributed by atoms with van der Waals surface area (Å²) < 4.78 is 0.716. The van der Waals surface area contributed by atoms with Crippen molar-refractivity contribution >= 4 is 6.34 Å². The molecule has 0 aromatic heterocycles. The first-order valence-electron chi connectivity index (χ1n) is 4.06. The summed E-state index contributed by atoms with van der Waals surface area (Å²) in [6, 6.07) is 0. The van der Waals surface area contributed by atoms with Crippen LogP contribution in [-0.4, -0.2) is 17.4 Å². The maximum Gasteiger partial charge on any atom is 0.199 e. The Morgan fingerprint density at radius 1 is 1.58 bits per heavy atom. The molecule has 12 heavy (non-hydrogen) atoms. The fourth-order valence-electron chi connectivity index (χ4n) is 1.13. The summed E-state index contributed by atoms with van der Waals surface area (Å²) in [6.07, 6.45) is 10.2. The molecule has 0 fully saturated rings. The second-order valence-corrected chi connectivity index (χ2v) is 2.82. The van der Waals surface area contributed by atoms with Gasteiger partial charge in [0.15, 0.2) is 6.34 Å². The molecular weight excluding hydrogens is 172 g/mol. The third-order valence-corrected chi connectivity index (χ3v) is 1.95. The van der Waals surface area contributed by atoms with Crippen molar-refractivity contribution in [2.45, 2.75) is 19.8 Å². The van der Waals surface area contributed by atoms with E-state index in [1.165, 1.54) is 12.8 Å². The van der Waals surface area contributed by atoms with Crippen LogP contribution in [0.4, 0.5) is 0 Å². The van der Waals surface area contributed by atoms with Gasteiger partial charge in [0.2, 0.25) is 0 Å². The molecule has 3 heteroatoms. The molecule has 0 spiro atoms. The maximum absolute atomic E-state index is 4.06. The fourth-order valence-corrected chi connectivity index (χ4v) is 1.13. The van der Waals surface area contributed by atoms with E-state index >= 15 is 0 Å². The van der Waals surface area contributed by atoms with Gasteiger partial charge in [0.05, 0.1) is 18.9 Å². The van der Waals surface area contributed by atoms with E-state index in [0.29, 0.717) is 4.48 Å². The predicted octanol–water partition coefficient (Wildman–Crippen LogP) is -0.736. The first kappa shape index (κ1) is 11.4. The molecule has 1 aliphatic heterocycles. The van der Waals surface area contributed by atoms with Gasteiger partial charge in [0.1, 0.15) is 6.20 Å². The molecule has 1 unspecified atom stereocenters. The van der Waals surface area contributed by atoms with Crippen LogP contribution in [0.3, 0.4) is 0 Å². The summed E-state index contributed by atoms with van der Waals surface area (Å²) >= 11 is 0. The number of halogens is 1. The number of unbranched alkanes of at least 4 members (excludes halogenated alkanes) is 1. The highest BCUT2D eigenvalue weighted by atomic mass is 35.5. The molecule has 2 nitrogen and oxygen atoms in total. The van der Waals surface area contributed by atoms with E-state index < -0.39 is 0 Å². The highest BCUT2D eigenvalue weighted by Gasteiger charge is 2.20. The van der Waals surface area contributed by atoms with Gasteiger partial charge in [-0.3, -0.25) is 0 Å². The van der Waals surface area contributed by atoms with Crippen LogP contribution in [0.15, 0.2) is 30.2 Å². The molecule has 1 atom stereocenters. The molecule has 0 saturated heterocycles. The lowest BCUT2D eigenvalue weighted by atomic mass is 10.3. The molecule has 0 aromatic carbocycles. The summed E-state index contributed by atoms with van der Waals surface area (Å²) in [6.45, 7) is 7.07. The quantitative estimate of drug-likeness (QED) is 0.514. The van der Waals surface area contributed by atoms with Crippen LogP contribution in [0.2, 0.25) is 0 Å². The van der Waals surface area contributed by atoms with E-state index in [1.807, 2.05) is 18.7 Å². The lowest BCUT2D eigenvalue weighted by Gasteiger charge is -2.21. The first-order chi connectivity index (χ1) is 5.33. The standard InChI is InChI=1S/C9H15N2.ClH/c1-3-5-7-11(4-2)8-6-10-9-11;/h4,6,8-9H,2-3,5,7H2,1H3;1H/q+1;/p-1. The van der Waals surface area contributed by atoms with E-state index in [9.17, 15) is 0 Å². The topological polar surface area (TPSA) is 12.4 Å². The lowest BCUT2D eigenvalue weighted by Crippen LogP contribution is -3.00. The summed E-state index contributed by atoms with van der Waals surface area (Å²) in [7, 11) is 0. The normalized spacial score (nSPS) is 25.4. The second-order valence-electron chi connectivity index (χ2n) is 2.82. The van der Waals surface area contributed by atoms with E-state index in [2.05, 4.69) is 24.7 Å². The average molecular weight is 187 g/mol. The van der Waals surface area contributed by atoms with Crippen LogP contribution < -0.4 is 12.4 Å². The first-order valence-corrected chi connectivity index (χ1v) is 4.06. The summed E-state index contributed by atoms with van der Waals surface area (Å²) in [4.78, 5) is 4.06. The number of quaternary nitrogens is 1. The molecule has 0 aliphatic carbocycles. The van der Waals surface area contributed by atoms with E-state index in [1.54, 1.807) is 0 Å². The molecular formula is C9H15ClN2. The molecule has 0 saturated carbocycles. The Hall–Kier alpha value is -0.600. The zero-order chi connectivity index (χ0) is 8.16. The highest BCUT2D eigenvalue weighted by Crippen LogP contribution is 2.12. The van der Waals surface area contributed by atoms with Crippen LogP contribution in [0.5, 0.6) is 0 Å². The van der Waals surface area contributed by atoms with Crippen LogP contribution in [0.25, 0.3) is 0 Å². The predicted molar refractivity (Wildman–Crippen MR) is 47.9 cm³/mol. The number of hydrogen-bond donors (Lipinski definition) is 0. The molecule has 0 bridgehead atoms. The highest BCUT2D eigenvalue weighted by molar-refractivity contribution is 5.51. The summed E-state index contributed by atoms with van der Waals surface area (Å²) in [5.74, 6) is 0. The van der Waals surface area contributed by atoms with Gasteiger partial charge >= 0.3 is 0 Å². The molecule has 1 aliphatic rings. The molecule has 0 amide bonds. The van der Waals surface area contributed by atoms with Gasteiger partial charge in [-0.05, 0) is 13.0 Å². The molecule has 0 aromatic rings. The SMILES string of the molecule is C=C[N+]1(CCCC)C=CN=C1.[Cl-]. The Morgan fingerprint density at radius 3 is 2.75 bits per heavy atom. The van der Waals surface area contributed by atoms with Gasteiger partial charge in [-0.2, -0.15) is 0 Å². The molecule has 1 heterocycles. The van der Waals surface area contributed by atoms with Gasteiger partial charge in [-0.1, -0.05) is 13.3 Å². The van der Waals surface area contributed by atoms with Crippen molar-refractivity contribution in [3.8, 4) is 0 Å². The molecule has 0 N–H and O–H groups in total. The van der Waals surface area contributed by atoms with Crippen molar-refractivity contribution < 1.29 is 16.9 Å². The average Bonchev–Trinajstić information content (AvgIpc) is 2.50. The number of nitrogens with zero attached hydrogens (tertiary/aromatic N) is 2. The zero-order valence-electron chi connectivity index (χ0n) is 7.41. The third kappa shape index (κ3) is 2.47. The lowest BCUT2D eigenvalue weighted by molar-refractivity contribution is -0.721. The van der Waals surface area contributed by atoms with Crippen molar-refractivity contribution in [2.75, 3.05) is 6.54 Å². The molecule has 0 radical (unpaired) electrons. The van der Waals surface area contributed by atoms with Gasteiger partial charge in [-0.15, -0.1) is 0 Å². The summed E-state index contributed by atoms with van der Waals surface area (Å²) in [5, 5.41) is 0. The van der Waals surface area contributed by atoms with Crippen molar-refractivity contribution in [3.63, 3.8) is 0 Å². The molecule has 68 valence electrons. The Balaban J connectivity index is 0.00000121. The van der Waals surface area contributed by atoms with Gasteiger partial charge in [0, 0.05) is 0 Å². The van der Waals surface area contributed by atoms with Crippen molar-refractivity contribution in [3.05, 3.63) is 25.2 Å². The largest absolute Gasteiger partial charge is 1.00 e. The van der Waals surface area contributed by atoms with Gasteiger partial charge in [-0.25, -0.2) is 9.48 Å². The minimum absolute atomic E-state index is 0. The van der Waals surface area contributed by atoms with Crippen LogP contribution in [0, 0.1) is 0 Å². The minimum atomic E-state index is 0. The Kier molecular flexibility index (Phi) is 4.86. The second kappa shape index (κ2) is 5.12. The van der Waals surface area contributed by atoms with Crippen molar-refractivity contribution in [1.29, 1.82) is 0 Å². The fraction of sp³-hybridized carbons (Fsp3) is 0.444. The van der Waals surface area contributed by atoms with Gasteiger partial charge in [0.25, 0.3) is 0 Å². The van der Waals surface area contributed by atoms with E-state index in [4.69, 9.17) is 0 Å². The van der Waals surface area contributed by atoms with Crippen LogP contribution in [0.1, 0.15) is 19.8 Å². The monoisotopic (exact) mass is 186 g/mol. The third-order valence-electron chi connectivity index (χ3n) is 1.95. The van der Waals surface area contributed by atoms with Gasteiger partial charge < -0.3 is 12.4 Å². The maximum atomic E-state index is 4.06. The van der Waals surface area contributed by atoms with E-state index in [-0.39, 0.29) is 12.4 Å². The van der Waals surface area contributed by atoms with Crippen LogP contribution in [-0.2, 0) is 0 Å². The Morgan fingerprint density at radius 2 is 2.33 bits per heavy atom. The minimum Gasteiger partial charge on any atom is -1.00 e. The zero-order valence-corrected chi connectivity index (χ0v) is 8.17. The number of aliphatic imine (C=N–C) groups is 1. The molecule has 1 rings (SSSR count). The van der Waals surface area contributed by atoms with E-state index in [0.717, 1.165) is 6.54 Å². The number of rotatable bonds is 4. The Bertz CT molecular complexity index is 185. The smallest absolute Gasteiger partial charge is 0.199 e. The van der Waals surface area contributed by atoms with Crippen molar-refractivity contribution in [2.24, 2.45) is 4.99 Å². The van der Waals surface area contributed by atoms with Crippen LogP contribution >= 0.6 is 0 Å². The Labute approximate surface area is 80.3 Å². The van der Waals surface area contributed by atoms with Crippen molar-refractivity contribution in [1.82, 2.24) is 0 Å².